The van der Waals surface area contributed by atoms with Crippen LogP contribution in [0.2, 0.25) is 0 Å². The van der Waals surface area contributed by atoms with Crippen LogP contribution in [0.15, 0.2) is 60.8 Å². The highest BCUT2D eigenvalue weighted by molar-refractivity contribution is 5.76. The summed E-state index contributed by atoms with van der Waals surface area (Å²) in [6.07, 6.45) is 48.3. The summed E-state index contributed by atoms with van der Waals surface area (Å²) in [7, 11) is 0. The van der Waals surface area contributed by atoms with Crippen molar-refractivity contribution in [3.05, 3.63) is 60.8 Å². The fraction of sp³-hybridized carbons (Fsp3) is 0.831. The summed E-state index contributed by atoms with van der Waals surface area (Å²) in [6, 6.07) is -0.941. The van der Waals surface area contributed by atoms with Crippen LogP contribution < -0.4 is 5.32 Å². The number of nitrogens with one attached hydrogen (secondary N) is 1. The Morgan fingerprint density at radius 2 is 0.848 bits per heavy atom. The van der Waals surface area contributed by atoms with Gasteiger partial charge in [0.25, 0.3) is 0 Å². The van der Waals surface area contributed by atoms with Gasteiger partial charge in [0.2, 0.25) is 5.91 Å². The molecule has 0 aromatic heterocycles. The molecule has 0 spiro atoms. The zero-order valence-corrected chi connectivity index (χ0v) is 49.6. The SMILES string of the molecule is CCCCCCC/C=C\C/C=C\CCCCCCCCCCCCCCCC(=O)NC(COC1OC(CO)C(OC2OC(CO)C(O)C(O)C2O)C(O)C1O)C(O)/C=C/CC/C=C/CC/C=C/CCCCCCCCCCCC. The molecule has 0 aromatic rings. The molecule has 2 aliphatic heterocycles. The Hall–Kier alpha value is -2.31. The van der Waals surface area contributed by atoms with Gasteiger partial charge in [-0.25, -0.2) is 0 Å². The molecule has 14 heteroatoms. The van der Waals surface area contributed by atoms with Crippen LogP contribution in [0, 0.1) is 0 Å². The number of aliphatic hydroxyl groups is 8. The molecule has 14 nitrogen and oxygen atoms in total. The standard InChI is InChI=1S/C65H117NO13/c1-3-5-7-9-11-13-15-17-19-21-23-25-26-27-28-29-31-33-35-37-39-41-43-45-47-49-57(70)66-53(54(69)48-46-44-42-40-38-36-34-32-30-24-22-20-18-16-14-12-10-8-6-4-2)52-76-64-62(75)60(73)63(56(51-68)78-64)79-65-61(74)59(72)58(71)55(50-67)77-65/h15,17,21,23,30,32,38,40,46,48,53-56,58-65,67-69,71-75H,3-14,16,18-20,22,24-29,31,33-37,39,41-45,47,49-52H2,1-2H3,(H,66,70)/b17-15-,23-21-,32-30+,40-38+,48-46+. The molecule has 0 saturated carbocycles. The zero-order valence-electron chi connectivity index (χ0n) is 49.6. The van der Waals surface area contributed by atoms with Crippen molar-refractivity contribution in [3.63, 3.8) is 0 Å². The molecule has 2 fully saturated rings. The third-order valence-corrected chi connectivity index (χ3v) is 15.4. The fourth-order valence-corrected chi connectivity index (χ4v) is 10.2. The van der Waals surface area contributed by atoms with E-state index in [0.29, 0.717) is 12.8 Å². The molecule has 0 radical (unpaired) electrons. The Bertz CT molecular complexity index is 1560. The number of hydrogen-bond acceptors (Lipinski definition) is 13. The summed E-state index contributed by atoms with van der Waals surface area (Å²) >= 11 is 0. The summed E-state index contributed by atoms with van der Waals surface area (Å²) in [5.74, 6) is -0.254. The molecule has 2 aliphatic rings. The van der Waals surface area contributed by atoms with E-state index < -0.39 is 86.8 Å². The van der Waals surface area contributed by atoms with Crippen LogP contribution in [0.4, 0.5) is 0 Å². The van der Waals surface area contributed by atoms with E-state index in [9.17, 15) is 45.6 Å². The number of hydrogen-bond donors (Lipinski definition) is 9. The van der Waals surface area contributed by atoms with Crippen LogP contribution in [-0.2, 0) is 23.7 Å². The summed E-state index contributed by atoms with van der Waals surface area (Å²) in [4.78, 5) is 13.3. The first-order valence-electron chi connectivity index (χ1n) is 32.0. The predicted molar refractivity (Wildman–Crippen MR) is 318 cm³/mol. The molecule has 0 aliphatic carbocycles. The van der Waals surface area contributed by atoms with Crippen molar-refractivity contribution in [3.8, 4) is 0 Å². The summed E-state index contributed by atoms with van der Waals surface area (Å²) < 4.78 is 22.8. The van der Waals surface area contributed by atoms with Crippen molar-refractivity contribution in [2.45, 2.75) is 325 Å². The van der Waals surface area contributed by atoms with E-state index >= 15 is 0 Å². The van der Waals surface area contributed by atoms with Gasteiger partial charge in [-0.3, -0.25) is 4.79 Å². The highest BCUT2D eigenvalue weighted by Gasteiger charge is 2.51. The molecule has 12 atom stereocenters. The molecule has 9 N–H and O–H groups in total. The Morgan fingerprint density at radius 3 is 1.32 bits per heavy atom. The van der Waals surface area contributed by atoms with E-state index in [0.717, 1.165) is 51.4 Å². The summed E-state index contributed by atoms with van der Waals surface area (Å²) in [5, 5.41) is 87.2. The zero-order chi connectivity index (χ0) is 57.4. The van der Waals surface area contributed by atoms with E-state index in [1.807, 2.05) is 6.08 Å². The highest BCUT2D eigenvalue weighted by atomic mass is 16.7. The molecular weight excluding hydrogens is 1000 g/mol. The van der Waals surface area contributed by atoms with Crippen LogP contribution >= 0.6 is 0 Å². The minimum Gasteiger partial charge on any atom is -0.394 e. The van der Waals surface area contributed by atoms with Crippen LogP contribution in [0.3, 0.4) is 0 Å². The van der Waals surface area contributed by atoms with E-state index in [1.165, 1.54) is 167 Å². The lowest BCUT2D eigenvalue weighted by Gasteiger charge is -2.46. The maximum absolute atomic E-state index is 13.3. The van der Waals surface area contributed by atoms with E-state index in [1.54, 1.807) is 6.08 Å². The molecule has 79 heavy (non-hydrogen) atoms. The number of allylic oxidation sites excluding steroid dienone is 9. The maximum Gasteiger partial charge on any atom is 0.220 e. The van der Waals surface area contributed by atoms with Gasteiger partial charge >= 0.3 is 0 Å². The Balaban J connectivity index is 1.75. The van der Waals surface area contributed by atoms with Gasteiger partial charge in [-0.15, -0.1) is 0 Å². The highest BCUT2D eigenvalue weighted by Crippen LogP contribution is 2.30. The topological polar surface area (TPSA) is 228 Å². The largest absolute Gasteiger partial charge is 0.394 e. The molecular formula is C65H117NO13. The lowest BCUT2D eigenvalue weighted by atomic mass is 9.97. The maximum atomic E-state index is 13.3. The number of aliphatic hydroxyl groups excluding tert-OH is 8. The summed E-state index contributed by atoms with van der Waals surface area (Å²) in [5.41, 5.74) is 0. The first-order valence-corrected chi connectivity index (χ1v) is 32.0. The van der Waals surface area contributed by atoms with Gasteiger partial charge < -0.3 is 65.1 Å². The molecule has 2 heterocycles. The predicted octanol–water partition coefficient (Wildman–Crippen LogP) is 11.7. The molecule has 1 amide bonds. The second-order valence-corrected chi connectivity index (χ2v) is 22.5. The number of amides is 1. The van der Waals surface area contributed by atoms with Gasteiger partial charge in [-0.05, 0) is 77.0 Å². The van der Waals surface area contributed by atoms with Crippen molar-refractivity contribution in [1.29, 1.82) is 0 Å². The first-order chi connectivity index (χ1) is 38.6. The Morgan fingerprint density at radius 1 is 0.456 bits per heavy atom. The molecule has 460 valence electrons. The Kier molecular flexibility index (Phi) is 46.3. The Labute approximate surface area is 479 Å². The number of carbonyl (C=O) groups excluding carboxylic acids is 1. The average molecular weight is 1120 g/mol. The number of unbranched alkanes of at least 4 members (excludes halogenated alkanes) is 30. The van der Waals surface area contributed by atoms with Crippen LogP contribution in [0.25, 0.3) is 0 Å². The lowest BCUT2D eigenvalue weighted by Crippen LogP contribution is -2.65. The quantitative estimate of drug-likeness (QED) is 0.0204. The normalized spacial score (nSPS) is 24.8. The smallest absolute Gasteiger partial charge is 0.220 e. The van der Waals surface area contributed by atoms with Crippen molar-refractivity contribution in [1.82, 2.24) is 5.32 Å². The second-order valence-electron chi connectivity index (χ2n) is 22.5. The molecule has 12 unspecified atom stereocenters. The van der Waals surface area contributed by atoms with Gasteiger partial charge in [0, 0.05) is 6.42 Å². The third-order valence-electron chi connectivity index (χ3n) is 15.4. The van der Waals surface area contributed by atoms with E-state index in [4.69, 9.17) is 18.9 Å². The second kappa shape index (κ2) is 50.2. The van der Waals surface area contributed by atoms with Gasteiger partial charge in [0.15, 0.2) is 12.6 Å². The van der Waals surface area contributed by atoms with Gasteiger partial charge in [-0.1, -0.05) is 229 Å². The van der Waals surface area contributed by atoms with Crippen molar-refractivity contribution in [2.24, 2.45) is 0 Å². The van der Waals surface area contributed by atoms with Gasteiger partial charge in [0.05, 0.1) is 32.0 Å². The van der Waals surface area contributed by atoms with E-state index in [2.05, 4.69) is 67.8 Å². The molecule has 2 saturated heterocycles. The molecule has 0 aromatic carbocycles. The molecule has 2 rings (SSSR count). The minimum atomic E-state index is -1.79. The number of rotatable bonds is 51. The van der Waals surface area contributed by atoms with Crippen LogP contribution in [-0.4, -0.2) is 140 Å². The van der Waals surface area contributed by atoms with Crippen LogP contribution in [0.1, 0.15) is 251 Å². The summed E-state index contributed by atoms with van der Waals surface area (Å²) in [6.45, 7) is 2.78. The van der Waals surface area contributed by atoms with Crippen molar-refractivity contribution >= 4 is 5.91 Å². The first kappa shape index (κ1) is 72.8. The monoisotopic (exact) mass is 1120 g/mol. The lowest BCUT2D eigenvalue weighted by molar-refractivity contribution is -0.359. The van der Waals surface area contributed by atoms with Gasteiger partial charge in [-0.2, -0.15) is 0 Å². The number of carbonyl (C=O) groups is 1. The van der Waals surface area contributed by atoms with Crippen molar-refractivity contribution < 1.29 is 64.6 Å². The van der Waals surface area contributed by atoms with Gasteiger partial charge in [0.1, 0.15) is 48.8 Å². The number of ether oxygens (including phenoxy) is 4. The molecule has 0 bridgehead atoms. The average Bonchev–Trinajstić information content (AvgIpc) is 3.47. The third kappa shape index (κ3) is 35.4. The van der Waals surface area contributed by atoms with E-state index in [-0.39, 0.29) is 18.9 Å². The van der Waals surface area contributed by atoms with Crippen LogP contribution in [0.5, 0.6) is 0 Å². The fourth-order valence-electron chi connectivity index (χ4n) is 10.2. The van der Waals surface area contributed by atoms with Crippen molar-refractivity contribution in [2.75, 3.05) is 19.8 Å². The minimum absolute atomic E-state index is 0.254.